The lowest BCUT2D eigenvalue weighted by atomic mass is 10.1. The fraction of sp³-hybridized carbons (Fsp3) is 0.583. The van der Waals surface area contributed by atoms with Gasteiger partial charge in [-0.05, 0) is 25.8 Å². The zero-order valence-corrected chi connectivity index (χ0v) is 24.0. The largest absolute Gasteiger partial charge is 0.506 e. The van der Waals surface area contributed by atoms with Crippen molar-refractivity contribution < 1.29 is 48.7 Å². The summed E-state index contributed by atoms with van der Waals surface area (Å²) in [5, 5.41) is 45.8. The number of ether oxygens (including phenoxy) is 2. The maximum atomic E-state index is 12.4. The number of nitrogens with one attached hydrogen (secondary N) is 2. The number of rotatable bonds is 15. The number of aliphatic hydroxyl groups excluding tert-OH is 3. The van der Waals surface area contributed by atoms with Crippen molar-refractivity contribution in [3.63, 3.8) is 0 Å². The first kappa shape index (κ1) is 33.5. The normalized spacial score (nSPS) is 22.5. The van der Waals surface area contributed by atoms with Gasteiger partial charge < -0.3 is 45.8 Å². The smallest absolute Gasteiger partial charge is 0.403 e. The fourth-order valence-electron chi connectivity index (χ4n) is 4.32. The van der Waals surface area contributed by atoms with E-state index in [9.17, 15) is 39.5 Å². The van der Waals surface area contributed by atoms with Gasteiger partial charge in [-0.3, -0.25) is 18.9 Å². The first-order valence-corrected chi connectivity index (χ1v) is 14.6. The van der Waals surface area contributed by atoms with Crippen LogP contribution in [0.3, 0.4) is 0 Å². The molecule has 3 rings (SSSR count). The van der Waals surface area contributed by atoms with E-state index in [1.165, 1.54) is 25.6 Å². The number of aromatic nitrogens is 3. The van der Waals surface area contributed by atoms with E-state index in [4.69, 9.17) is 19.7 Å². The highest BCUT2D eigenvalue weighted by atomic mass is 31.2. The number of nitrogens with zero attached hydrogens (tertiary/aromatic N) is 3. The molecule has 1 fully saturated rings. The monoisotopic (exact) mass is 616 g/mol. The molecule has 0 aromatic carbocycles. The molecular weight excluding hydrogens is 579 g/mol. The van der Waals surface area contributed by atoms with Crippen molar-refractivity contribution in [2.75, 3.05) is 26.0 Å². The van der Waals surface area contributed by atoms with Gasteiger partial charge in [0.2, 0.25) is 0 Å². The van der Waals surface area contributed by atoms with Gasteiger partial charge in [0.25, 0.3) is 0 Å². The molecule has 2 aromatic rings. The second-order valence-corrected chi connectivity index (χ2v) is 11.2. The molecule has 0 radical (unpaired) electrons. The molecule has 3 unspecified atom stereocenters. The average Bonchev–Trinajstić information content (AvgIpc) is 3.23. The second kappa shape index (κ2) is 15.0. The summed E-state index contributed by atoms with van der Waals surface area (Å²) in [7, 11) is -3.11. The van der Waals surface area contributed by atoms with Crippen LogP contribution in [-0.2, 0) is 36.5 Å². The van der Waals surface area contributed by atoms with E-state index in [-0.39, 0.29) is 31.3 Å². The van der Waals surface area contributed by atoms with Crippen molar-refractivity contribution in [2.45, 2.75) is 69.9 Å². The summed E-state index contributed by atoms with van der Waals surface area (Å²) in [6, 6.07) is 0.554. The molecule has 6 atom stereocenters. The number of unbranched alkanes of at least 4 members (excludes halogenated alkanes) is 1. The summed E-state index contributed by atoms with van der Waals surface area (Å²) < 4.78 is 28.7. The minimum absolute atomic E-state index is 0.0342. The molecule has 1 aliphatic rings. The number of methoxy groups -OCH3 is 1. The van der Waals surface area contributed by atoms with Gasteiger partial charge in [-0.1, -0.05) is 6.42 Å². The Labute approximate surface area is 240 Å². The second-order valence-electron chi connectivity index (χ2n) is 9.62. The van der Waals surface area contributed by atoms with E-state index < -0.39 is 56.6 Å². The number of nitrogens with two attached hydrogens (primary N) is 1. The molecule has 0 saturated carbocycles. The van der Waals surface area contributed by atoms with Crippen molar-refractivity contribution in [3.8, 4) is 5.75 Å². The van der Waals surface area contributed by atoms with E-state index in [1.807, 2.05) is 0 Å². The van der Waals surface area contributed by atoms with Crippen LogP contribution in [0.1, 0.15) is 42.3 Å². The number of hydrogen-bond donors (Lipinski definition) is 8. The third kappa shape index (κ3) is 8.53. The molecular formula is C24H37N6O11P. The maximum Gasteiger partial charge on any atom is 0.403 e. The van der Waals surface area contributed by atoms with Gasteiger partial charge in [0.05, 0.1) is 26.0 Å². The Balaban J connectivity index is 1.45. The average molecular weight is 617 g/mol. The van der Waals surface area contributed by atoms with Crippen LogP contribution in [0.25, 0.3) is 0 Å². The Morgan fingerprint density at radius 2 is 2.05 bits per heavy atom. The van der Waals surface area contributed by atoms with Crippen LogP contribution < -0.4 is 21.8 Å². The van der Waals surface area contributed by atoms with E-state index in [2.05, 4.69) is 20.4 Å². The summed E-state index contributed by atoms with van der Waals surface area (Å²) in [5.41, 5.74) is 5.84. The molecule has 0 amide bonds. The Morgan fingerprint density at radius 1 is 1.31 bits per heavy atom. The molecule has 1 saturated heterocycles. The molecule has 0 spiro atoms. The van der Waals surface area contributed by atoms with Crippen molar-refractivity contribution >= 4 is 19.5 Å². The molecule has 1 aliphatic heterocycles. The van der Waals surface area contributed by atoms with E-state index >= 15 is 0 Å². The SMILES string of the molecule is COC(=O)C(CCCCNP(=O)(O)OC[C@H]1O[C@@H](n2ccc(N)nc2=O)[C@H](O)C1O)NCc1c(CO)cnc(C)c1O. The summed E-state index contributed by atoms with van der Waals surface area (Å²) in [6.07, 6.45) is -1.82. The van der Waals surface area contributed by atoms with Gasteiger partial charge in [0.15, 0.2) is 6.23 Å². The zero-order valence-electron chi connectivity index (χ0n) is 23.1. The van der Waals surface area contributed by atoms with Crippen LogP contribution in [0, 0.1) is 6.92 Å². The van der Waals surface area contributed by atoms with E-state index in [0.29, 0.717) is 36.1 Å². The highest BCUT2D eigenvalue weighted by Gasteiger charge is 2.45. The van der Waals surface area contributed by atoms with Gasteiger partial charge in [-0.2, -0.15) is 4.98 Å². The van der Waals surface area contributed by atoms with Gasteiger partial charge in [-0.15, -0.1) is 0 Å². The zero-order chi connectivity index (χ0) is 31.0. The van der Waals surface area contributed by atoms with Crippen LogP contribution in [-0.4, -0.2) is 90.4 Å². The lowest BCUT2D eigenvalue weighted by molar-refractivity contribution is -0.143. The first-order valence-electron chi connectivity index (χ1n) is 13.1. The Bertz CT molecular complexity index is 1330. The van der Waals surface area contributed by atoms with Crippen molar-refractivity contribution in [3.05, 3.63) is 45.8 Å². The lowest BCUT2D eigenvalue weighted by Crippen LogP contribution is -2.37. The molecule has 2 aromatic heterocycles. The van der Waals surface area contributed by atoms with Crippen LogP contribution in [0.15, 0.2) is 23.3 Å². The number of aromatic hydroxyl groups is 1. The maximum absolute atomic E-state index is 12.4. The third-order valence-corrected chi connectivity index (χ3v) is 7.84. The molecule has 3 heterocycles. The number of hydrogen-bond acceptors (Lipinski definition) is 14. The molecule has 0 aliphatic carbocycles. The Hall–Kier alpha value is -2.99. The highest BCUT2D eigenvalue weighted by Crippen LogP contribution is 2.39. The van der Waals surface area contributed by atoms with Gasteiger partial charge in [0.1, 0.15) is 35.9 Å². The highest BCUT2D eigenvalue weighted by molar-refractivity contribution is 7.50. The minimum Gasteiger partial charge on any atom is -0.506 e. The standard InChI is InChI=1S/C24H37N6O11P/c1-13-19(32)15(14(11-31)9-26-13)10-27-16(23(35)39-2)5-3-4-7-28-42(37,38)40-12-17-20(33)21(34)22(41-17)30-8-6-18(25)29-24(30)36/h6,8-9,16-17,20-22,27,31-34H,3-5,7,10-12H2,1-2H3,(H2,25,29,36)(H2,28,37,38)/t16?,17-,20?,21-,22-/m1/s1. The molecule has 42 heavy (non-hydrogen) atoms. The molecule has 234 valence electrons. The first-order chi connectivity index (χ1) is 19.9. The number of esters is 1. The number of aryl methyl sites for hydroxylation is 1. The van der Waals surface area contributed by atoms with Gasteiger partial charge in [-0.25, -0.2) is 14.4 Å². The summed E-state index contributed by atoms with van der Waals surface area (Å²) in [5.74, 6) is -0.662. The Kier molecular flexibility index (Phi) is 11.9. The number of carbonyl (C=O) groups is 1. The molecule has 18 heteroatoms. The van der Waals surface area contributed by atoms with E-state index in [0.717, 1.165) is 4.57 Å². The fourth-order valence-corrected chi connectivity index (χ4v) is 5.20. The van der Waals surface area contributed by atoms with Crippen LogP contribution in [0.4, 0.5) is 5.82 Å². The number of pyridine rings is 1. The summed E-state index contributed by atoms with van der Waals surface area (Å²) >= 11 is 0. The lowest BCUT2D eigenvalue weighted by Gasteiger charge is -2.19. The predicted molar refractivity (Wildman–Crippen MR) is 146 cm³/mol. The van der Waals surface area contributed by atoms with Crippen LogP contribution >= 0.6 is 7.75 Å². The van der Waals surface area contributed by atoms with Crippen LogP contribution in [0.5, 0.6) is 5.75 Å². The topological polar surface area (TPSA) is 261 Å². The van der Waals surface area contributed by atoms with Crippen molar-refractivity contribution in [1.82, 2.24) is 24.9 Å². The quantitative estimate of drug-likeness (QED) is 0.0647. The third-order valence-electron chi connectivity index (χ3n) is 6.72. The van der Waals surface area contributed by atoms with Crippen molar-refractivity contribution in [1.29, 1.82) is 0 Å². The number of aliphatic hydroxyl groups is 3. The van der Waals surface area contributed by atoms with Crippen LogP contribution in [0.2, 0.25) is 0 Å². The Morgan fingerprint density at radius 3 is 2.71 bits per heavy atom. The van der Waals surface area contributed by atoms with Gasteiger partial charge >= 0.3 is 19.4 Å². The minimum atomic E-state index is -4.34. The molecule has 0 bridgehead atoms. The molecule has 17 nitrogen and oxygen atoms in total. The van der Waals surface area contributed by atoms with E-state index in [1.54, 1.807) is 6.92 Å². The summed E-state index contributed by atoms with van der Waals surface area (Å²) in [4.78, 5) is 42.0. The van der Waals surface area contributed by atoms with Gasteiger partial charge in [0, 0.05) is 36.6 Å². The number of nitrogen functional groups attached to an aromatic ring is 1. The number of anilines is 1. The van der Waals surface area contributed by atoms with Crippen molar-refractivity contribution in [2.24, 2.45) is 0 Å². The summed E-state index contributed by atoms with van der Waals surface area (Å²) in [6.45, 7) is 0.795. The predicted octanol–water partition coefficient (Wildman–Crippen LogP) is -1.45. The number of carbonyl (C=O) groups excluding carboxylic acids is 1. The molecule has 9 N–H and O–H groups in total.